The molecule has 4 nitrogen and oxygen atoms in total. The van der Waals surface area contributed by atoms with E-state index in [0.29, 0.717) is 10.2 Å². The molecule has 0 unspecified atom stereocenters. The van der Waals surface area contributed by atoms with E-state index in [4.69, 9.17) is 15.3 Å². The largest absolute Gasteiger partial charge is 0.477 e. The Kier molecular flexibility index (Phi) is 2.54. The molecule has 0 aromatic carbocycles. The summed E-state index contributed by atoms with van der Waals surface area (Å²) in [6.45, 7) is 0. The molecule has 0 aliphatic heterocycles. The highest BCUT2D eigenvalue weighted by atomic mass is 79.9. The molecule has 12 heavy (non-hydrogen) atoms. The van der Waals surface area contributed by atoms with E-state index >= 15 is 0 Å². The summed E-state index contributed by atoms with van der Waals surface area (Å²) in [6.07, 6.45) is 2.68. The third-order valence-electron chi connectivity index (χ3n) is 1.18. The van der Waals surface area contributed by atoms with Crippen LogP contribution in [0.15, 0.2) is 26.9 Å². The lowest BCUT2D eigenvalue weighted by molar-refractivity contribution is -0.132. The van der Waals surface area contributed by atoms with E-state index in [1.54, 1.807) is 6.07 Å². The molecule has 0 aliphatic rings. The second kappa shape index (κ2) is 3.44. The molecule has 1 rings (SSSR count). The zero-order valence-corrected chi connectivity index (χ0v) is 7.54. The van der Waals surface area contributed by atoms with E-state index in [-0.39, 0.29) is 5.70 Å². The Morgan fingerprint density at radius 3 is 2.83 bits per heavy atom. The lowest BCUT2D eigenvalue weighted by Gasteiger charge is -1.91. The van der Waals surface area contributed by atoms with Gasteiger partial charge in [-0.05, 0) is 22.0 Å². The van der Waals surface area contributed by atoms with Crippen molar-refractivity contribution in [2.24, 2.45) is 5.73 Å². The van der Waals surface area contributed by atoms with E-state index in [1.165, 1.54) is 12.3 Å². The van der Waals surface area contributed by atoms with E-state index in [1.807, 2.05) is 0 Å². The molecule has 0 saturated carbocycles. The number of hydrogen-bond acceptors (Lipinski definition) is 3. The number of carboxylic acid groups (broad SMARTS) is 1. The monoisotopic (exact) mass is 231 g/mol. The molecule has 0 fully saturated rings. The van der Waals surface area contributed by atoms with Gasteiger partial charge in [-0.1, -0.05) is 0 Å². The van der Waals surface area contributed by atoms with Crippen LogP contribution in [-0.2, 0) is 4.79 Å². The summed E-state index contributed by atoms with van der Waals surface area (Å²) in [4.78, 5) is 10.3. The number of furan rings is 1. The number of aliphatic carboxylic acids is 1. The summed E-state index contributed by atoms with van der Waals surface area (Å²) in [7, 11) is 0. The van der Waals surface area contributed by atoms with Gasteiger partial charge in [0.25, 0.3) is 0 Å². The Labute approximate surface area is 76.8 Å². The average molecular weight is 232 g/mol. The molecular formula is C7H6BrNO3. The van der Waals surface area contributed by atoms with Gasteiger partial charge in [0.05, 0.1) is 10.7 Å². The highest BCUT2D eigenvalue weighted by Gasteiger charge is 2.05. The Morgan fingerprint density at radius 2 is 2.42 bits per heavy atom. The summed E-state index contributed by atoms with van der Waals surface area (Å²) < 4.78 is 5.59. The van der Waals surface area contributed by atoms with Gasteiger partial charge in [0.1, 0.15) is 11.5 Å². The zero-order chi connectivity index (χ0) is 9.14. The molecule has 0 amide bonds. The molecule has 0 bridgehead atoms. The van der Waals surface area contributed by atoms with Crippen LogP contribution >= 0.6 is 15.9 Å². The van der Waals surface area contributed by atoms with Gasteiger partial charge in [0.2, 0.25) is 0 Å². The Hall–Kier alpha value is -1.23. The van der Waals surface area contributed by atoms with Crippen molar-refractivity contribution in [3.63, 3.8) is 0 Å². The molecule has 64 valence electrons. The van der Waals surface area contributed by atoms with Crippen LogP contribution in [0.3, 0.4) is 0 Å². The van der Waals surface area contributed by atoms with Gasteiger partial charge in [-0.3, -0.25) is 0 Å². The van der Waals surface area contributed by atoms with E-state index in [0.717, 1.165) is 0 Å². The minimum Gasteiger partial charge on any atom is -0.477 e. The summed E-state index contributed by atoms with van der Waals surface area (Å²) in [6, 6.07) is 1.65. The lowest BCUT2D eigenvalue weighted by atomic mass is 10.3. The van der Waals surface area contributed by atoms with Crippen LogP contribution in [0.4, 0.5) is 0 Å². The summed E-state index contributed by atoms with van der Waals surface area (Å²) in [5.41, 5.74) is 4.90. The van der Waals surface area contributed by atoms with Gasteiger partial charge < -0.3 is 15.3 Å². The molecular weight excluding hydrogens is 226 g/mol. The molecule has 1 heterocycles. The predicted molar refractivity (Wildman–Crippen MR) is 46.2 cm³/mol. The molecule has 0 saturated heterocycles. The second-order valence-corrected chi connectivity index (χ2v) is 2.89. The topological polar surface area (TPSA) is 76.5 Å². The third-order valence-corrected chi connectivity index (χ3v) is 1.83. The van der Waals surface area contributed by atoms with Crippen LogP contribution in [0.25, 0.3) is 6.08 Å². The van der Waals surface area contributed by atoms with Gasteiger partial charge in [0, 0.05) is 6.08 Å². The zero-order valence-electron chi connectivity index (χ0n) is 5.95. The molecule has 1 aromatic heterocycles. The summed E-state index contributed by atoms with van der Waals surface area (Å²) in [5, 5.41) is 8.42. The van der Waals surface area contributed by atoms with Crippen LogP contribution < -0.4 is 5.73 Å². The van der Waals surface area contributed by atoms with Crippen LogP contribution in [-0.4, -0.2) is 11.1 Å². The number of carbonyl (C=O) groups is 1. The standard InChI is InChI=1S/C7H6BrNO3/c8-4-1-2-12-6(4)3-5(9)7(10)11/h1-3H,9H2,(H,10,11)/b5-3+. The van der Waals surface area contributed by atoms with E-state index in [2.05, 4.69) is 15.9 Å². The highest BCUT2D eigenvalue weighted by molar-refractivity contribution is 9.10. The number of hydrogen-bond donors (Lipinski definition) is 2. The second-order valence-electron chi connectivity index (χ2n) is 2.04. The van der Waals surface area contributed by atoms with E-state index in [9.17, 15) is 4.79 Å². The molecule has 0 radical (unpaired) electrons. The van der Waals surface area contributed by atoms with Crippen LogP contribution in [0, 0.1) is 0 Å². The van der Waals surface area contributed by atoms with Gasteiger partial charge in [-0.2, -0.15) is 0 Å². The van der Waals surface area contributed by atoms with Gasteiger partial charge in [-0.25, -0.2) is 4.79 Å². The Bertz CT molecular complexity index is 329. The van der Waals surface area contributed by atoms with Gasteiger partial charge in [-0.15, -0.1) is 0 Å². The first-order chi connectivity index (χ1) is 5.61. The highest BCUT2D eigenvalue weighted by Crippen LogP contribution is 2.19. The lowest BCUT2D eigenvalue weighted by Crippen LogP contribution is -2.09. The van der Waals surface area contributed by atoms with Crippen LogP contribution in [0.5, 0.6) is 0 Å². The first-order valence-corrected chi connectivity index (χ1v) is 3.84. The van der Waals surface area contributed by atoms with Crippen molar-refractivity contribution in [2.75, 3.05) is 0 Å². The fourth-order valence-corrected chi connectivity index (χ4v) is 0.927. The van der Waals surface area contributed by atoms with Gasteiger partial charge >= 0.3 is 5.97 Å². The maximum absolute atomic E-state index is 10.3. The molecule has 5 heteroatoms. The van der Waals surface area contributed by atoms with Crippen LogP contribution in [0.2, 0.25) is 0 Å². The first-order valence-electron chi connectivity index (χ1n) is 3.04. The number of halogens is 1. The third kappa shape index (κ3) is 1.88. The fourth-order valence-electron chi connectivity index (χ4n) is 0.611. The van der Waals surface area contributed by atoms with Crippen molar-refractivity contribution < 1.29 is 14.3 Å². The maximum Gasteiger partial charge on any atom is 0.351 e. The minimum absolute atomic E-state index is 0.259. The maximum atomic E-state index is 10.3. The SMILES string of the molecule is N/C(=C/c1occc1Br)C(=O)O. The number of rotatable bonds is 2. The molecule has 3 N–H and O–H groups in total. The normalized spacial score (nSPS) is 11.6. The molecule has 0 spiro atoms. The summed E-state index contributed by atoms with van der Waals surface area (Å²) in [5.74, 6) is -0.770. The Morgan fingerprint density at radius 1 is 1.75 bits per heavy atom. The van der Waals surface area contributed by atoms with Crippen molar-refractivity contribution in [1.29, 1.82) is 0 Å². The average Bonchev–Trinajstić information content (AvgIpc) is 2.36. The minimum atomic E-state index is -1.17. The molecule has 1 aromatic rings. The Balaban J connectivity index is 2.95. The van der Waals surface area contributed by atoms with Gasteiger partial charge in [0.15, 0.2) is 0 Å². The quantitative estimate of drug-likeness (QED) is 0.756. The molecule has 0 aliphatic carbocycles. The molecule has 0 atom stereocenters. The van der Waals surface area contributed by atoms with Crippen molar-refractivity contribution in [1.82, 2.24) is 0 Å². The van der Waals surface area contributed by atoms with Crippen molar-refractivity contribution >= 4 is 28.0 Å². The fraction of sp³-hybridized carbons (Fsp3) is 0. The number of nitrogens with two attached hydrogens (primary N) is 1. The first kappa shape index (κ1) is 8.86. The van der Waals surface area contributed by atoms with Crippen molar-refractivity contribution in [3.8, 4) is 0 Å². The summed E-state index contributed by atoms with van der Waals surface area (Å²) >= 11 is 3.16. The van der Waals surface area contributed by atoms with Crippen LogP contribution in [0.1, 0.15) is 5.76 Å². The van der Waals surface area contributed by atoms with Crippen molar-refractivity contribution in [3.05, 3.63) is 28.3 Å². The van der Waals surface area contributed by atoms with Crippen molar-refractivity contribution in [2.45, 2.75) is 0 Å². The predicted octanol–water partition coefficient (Wildman–Crippen LogP) is 1.43. The van der Waals surface area contributed by atoms with E-state index < -0.39 is 5.97 Å². The number of carboxylic acids is 1. The smallest absolute Gasteiger partial charge is 0.351 e.